The number of hydrogen-bond donors (Lipinski definition) is 1. The molecule has 1 aliphatic heterocycles. The maximum absolute atomic E-state index is 3.62. The van der Waals surface area contributed by atoms with Crippen LogP contribution in [0.5, 0.6) is 0 Å². The van der Waals surface area contributed by atoms with E-state index >= 15 is 0 Å². The molecule has 21 heavy (non-hydrogen) atoms. The molecule has 2 rings (SSSR count). The minimum absolute atomic E-state index is 0.170. The van der Waals surface area contributed by atoms with E-state index in [2.05, 4.69) is 62.2 Å². The van der Waals surface area contributed by atoms with Crippen molar-refractivity contribution in [3.8, 4) is 0 Å². The third kappa shape index (κ3) is 5.44. The Labute approximate surface area is 130 Å². The molecule has 0 saturated carbocycles. The molecule has 2 nitrogen and oxygen atoms in total. The van der Waals surface area contributed by atoms with E-state index in [1.54, 1.807) is 0 Å². The minimum Gasteiger partial charge on any atom is -0.308 e. The first kappa shape index (κ1) is 16.5. The molecular formula is C19H32N2. The topological polar surface area (TPSA) is 15.3 Å². The number of hydrogen-bond acceptors (Lipinski definition) is 2. The quantitative estimate of drug-likeness (QED) is 0.886. The van der Waals surface area contributed by atoms with Crippen molar-refractivity contribution in [2.45, 2.75) is 78.0 Å². The molecule has 1 saturated heterocycles. The first-order valence-corrected chi connectivity index (χ1v) is 8.51. The largest absolute Gasteiger partial charge is 0.308 e. The Kier molecular flexibility index (Phi) is 5.83. The average molecular weight is 288 g/mol. The van der Waals surface area contributed by atoms with E-state index < -0.39 is 0 Å². The highest BCUT2D eigenvalue weighted by atomic mass is 15.1. The van der Waals surface area contributed by atoms with E-state index in [0.717, 1.165) is 19.1 Å². The fraction of sp³-hybridized carbons (Fsp3) is 0.684. The zero-order valence-corrected chi connectivity index (χ0v) is 14.3. The molecule has 0 spiro atoms. The van der Waals surface area contributed by atoms with Crippen molar-refractivity contribution in [1.82, 2.24) is 10.2 Å². The molecule has 1 fully saturated rings. The molecule has 1 aliphatic rings. The maximum atomic E-state index is 3.62. The molecule has 0 radical (unpaired) electrons. The van der Waals surface area contributed by atoms with Crippen molar-refractivity contribution in [2.75, 3.05) is 6.54 Å². The molecule has 1 atom stereocenters. The molecular weight excluding hydrogens is 256 g/mol. The monoisotopic (exact) mass is 288 g/mol. The highest BCUT2D eigenvalue weighted by Crippen LogP contribution is 2.20. The van der Waals surface area contributed by atoms with Gasteiger partial charge in [-0.2, -0.15) is 0 Å². The van der Waals surface area contributed by atoms with Gasteiger partial charge >= 0.3 is 0 Å². The van der Waals surface area contributed by atoms with Gasteiger partial charge < -0.3 is 5.32 Å². The molecule has 0 aromatic heterocycles. The Bertz CT molecular complexity index is 433. The second-order valence-electron chi connectivity index (χ2n) is 7.54. The van der Waals surface area contributed by atoms with E-state index in [1.807, 2.05) is 0 Å². The summed E-state index contributed by atoms with van der Waals surface area (Å²) in [6.07, 6.45) is 5.49. The summed E-state index contributed by atoms with van der Waals surface area (Å²) >= 11 is 0. The fourth-order valence-corrected chi connectivity index (χ4v) is 3.03. The van der Waals surface area contributed by atoms with Crippen molar-refractivity contribution in [2.24, 2.45) is 0 Å². The van der Waals surface area contributed by atoms with Gasteiger partial charge in [-0.15, -0.1) is 0 Å². The molecule has 2 heteroatoms. The van der Waals surface area contributed by atoms with Crippen LogP contribution in [0.2, 0.25) is 0 Å². The molecule has 1 aromatic rings. The Morgan fingerprint density at radius 2 is 1.81 bits per heavy atom. The van der Waals surface area contributed by atoms with Crippen molar-refractivity contribution < 1.29 is 0 Å². The zero-order chi connectivity index (χ0) is 15.3. The normalized spacial score (nSPS) is 21.2. The standard InChI is InChI=1S/C19H32N2/c1-16-10-6-5-9-13-21(16)15-18-12-8-7-11-17(18)14-20-19(2,3)4/h7-8,11-12,16,20H,5-6,9-10,13-15H2,1-4H3. The Hall–Kier alpha value is -0.860. The SMILES string of the molecule is CC1CCCCCN1Cc1ccccc1CNC(C)(C)C. The first-order valence-electron chi connectivity index (χ1n) is 8.51. The number of benzene rings is 1. The summed E-state index contributed by atoms with van der Waals surface area (Å²) in [5.41, 5.74) is 3.11. The van der Waals surface area contributed by atoms with Crippen LogP contribution in [-0.4, -0.2) is 23.0 Å². The summed E-state index contributed by atoms with van der Waals surface area (Å²) in [6.45, 7) is 12.4. The summed E-state index contributed by atoms with van der Waals surface area (Å²) in [7, 11) is 0. The number of nitrogens with zero attached hydrogens (tertiary/aromatic N) is 1. The number of nitrogens with one attached hydrogen (secondary N) is 1. The van der Waals surface area contributed by atoms with Gasteiger partial charge in [0.2, 0.25) is 0 Å². The first-order chi connectivity index (χ1) is 9.96. The van der Waals surface area contributed by atoms with Crippen LogP contribution in [-0.2, 0) is 13.1 Å². The lowest BCUT2D eigenvalue weighted by Gasteiger charge is -2.28. The van der Waals surface area contributed by atoms with Crippen molar-refractivity contribution in [1.29, 1.82) is 0 Å². The summed E-state index contributed by atoms with van der Waals surface area (Å²) in [5, 5.41) is 3.62. The average Bonchev–Trinajstić information content (AvgIpc) is 2.62. The molecule has 118 valence electrons. The molecule has 0 aliphatic carbocycles. The third-order valence-electron chi connectivity index (χ3n) is 4.49. The lowest BCUT2D eigenvalue weighted by Crippen LogP contribution is -2.36. The molecule has 0 bridgehead atoms. The smallest absolute Gasteiger partial charge is 0.0239 e. The second-order valence-corrected chi connectivity index (χ2v) is 7.54. The fourth-order valence-electron chi connectivity index (χ4n) is 3.03. The van der Waals surface area contributed by atoms with Gasteiger partial charge in [-0.3, -0.25) is 4.90 Å². The van der Waals surface area contributed by atoms with Gasteiger partial charge in [0.15, 0.2) is 0 Å². The van der Waals surface area contributed by atoms with E-state index in [0.29, 0.717) is 0 Å². The summed E-state index contributed by atoms with van der Waals surface area (Å²) in [5.74, 6) is 0. The summed E-state index contributed by atoms with van der Waals surface area (Å²) < 4.78 is 0. The molecule has 1 heterocycles. The lowest BCUT2D eigenvalue weighted by atomic mass is 10.0. The summed E-state index contributed by atoms with van der Waals surface area (Å²) in [6, 6.07) is 9.64. The molecule has 1 aromatic carbocycles. The Balaban J connectivity index is 2.05. The van der Waals surface area contributed by atoms with Crippen LogP contribution in [0, 0.1) is 0 Å². The van der Waals surface area contributed by atoms with E-state index in [4.69, 9.17) is 0 Å². The summed E-state index contributed by atoms with van der Waals surface area (Å²) in [4.78, 5) is 2.67. The molecule has 0 amide bonds. The lowest BCUT2D eigenvalue weighted by molar-refractivity contribution is 0.204. The van der Waals surface area contributed by atoms with Crippen LogP contribution in [0.15, 0.2) is 24.3 Å². The predicted molar refractivity (Wildman–Crippen MR) is 91.4 cm³/mol. The van der Waals surface area contributed by atoms with Gasteiger partial charge in [0.25, 0.3) is 0 Å². The van der Waals surface area contributed by atoms with Gasteiger partial charge in [-0.25, -0.2) is 0 Å². The van der Waals surface area contributed by atoms with Gasteiger partial charge in [-0.05, 0) is 58.2 Å². The second kappa shape index (κ2) is 7.42. The third-order valence-corrected chi connectivity index (χ3v) is 4.49. The van der Waals surface area contributed by atoms with Crippen LogP contribution in [0.1, 0.15) is 64.5 Å². The zero-order valence-electron chi connectivity index (χ0n) is 14.3. The highest BCUT2D eigenvalue weighted by Gasteiger charge is 2.18. The van der Waals surface area contributed by atoms with Crippen LogP contribution in [0.25, 0.3) is 0 Å². The Morgan fingerprint density at radius 1 is 1.10 bits per heavy atom. The highest BCUT2D eigenvalue weighted by molar-refractivity contribution is 5.27. The van der Waals surface area contributed by atoms with E-state index in [9.17, 15) is 0 Å². The van der Waals surface area contributed by atoms with Gasteiger partial charge in [0.05, 0.1) is 0 Å². The van der Waals surface area contributed by atoms with Crippen LogP contribution in [0.3, 0.4) is 0 Å². The van der Waals surface area contributed by atoms with Crippen molar-refractivity contribution >= 4 is 0 Å². The van der Waals surface area contributed by atoms with Crippen LogP contribution >= 0.6 is 0 Å². The van der Waals surface area contributed by atoms with Crippen molar-refractivity contribution in [3.63, 3.8) is 0 Å². The Morgan fingerprint density at radius 3 is 2.52 bits per heavy atom. The molecule has 1 unspecified atom stereocenters. The van der Waals surface area contributed by atoms with E-state index in [-0.39, 0.29) is 5.54 Å². The predicted octanol–water partition coefficient (Wildman–Crippen LogP) is 4.34. The van der Waals surface area contributed by atoms with E-state index in [1.165, 1.54) is 43.4 Å². The maximum Gasteiger partial charge on any atom is 0.0239 e. The van der Waals surface area contributed by atoms with Crippen LogP contribution < -0.4 is 5.32 Å². The van der Waals surface area contributed by atoms with Gasteiger partial charge in [0, 0.05) is 24.7 Å². The van der Waals surface area contributed by atoms with Crippen molar-refractivity contribution in [3.05, 3.63) is 35.4 Å². The molecule has 1 N–H and O–H groups in total. The van der Waals surface area contributed by atoms with Gasteiger partial charge in [-0.1, -0.05) is 37.1 Å². The number of likely N-dealkylation sites (tertiary alicyclic amines) is 1. The van der Waals surface area contributed by atoms with Gasteiger partial charge in [0.1, 0.15) is 0 Å². The minimum atomic E-state index is 0.170. The van der Waals surface area contributed by atoms with Crippen LogP contribution in [0.4, 0.5) is 0 Å². The number of rotatable bonds is 4.